The number of aryl methyl sites for hydroxylation is 1. The van der Waals surface area contributed by atoms with Crippen LogP contribution in [0.5, 0.6) is 0 Å². The maximum atomic E-state index is 13.6. The minimum Gasteiger partial charge on any atom is -0.460 e. The Bertz CT molecular complexity index is 868. The Kier molecular flexibility index (Phi) is 6.69. The first-order chi connectivity index (χ1) is 13.1. The number of amides is 1. The van der Waals surface area contributed by atoms with Crippen molar-refractivity contribution in [3.63, 3.8) is 0 Å². The molecule has 0 saturated heterocycles. The molecule has 0 aliphatic carbocycles. The van der Waals surface area contributed by atoms with Gasteiger partial charge in [-0.15, -0.1) is 0 Å². The van der Waals surface area contributed by atoms with Gasteiger partial charge in [-0.25, -0.2) is 0 Å². The summed E-state index contributed by atoms with van der Waals surface area (Å²) in [6, 6.07) is 9.97. The zero-order chi connectivity index (χ0) is 19.2. The highest BCUT2D eigenvalue weighted by Gasteiger charge is 2.25. The van der Waals surface area contributed by atoms with E-state index in [1.165, 1.54) is 5.56 Å². The Morgan fingerprint density at radius 1 is 1.15 bits per heavy atom. The topological polar surface area (TPSA) is 36.7 Å². The lowest BCUT2D eigenvalue weighted by Crippen LogP contribution is -2.36. The van der Waals surface area contributed by atoms with E-state index in [0.717, 1.165) is 48.1 Å². The van der Waals surface area contributed by atoms with Crippen LogP contribution < -0.4 is 0 Å². The van der Waals surface area contributed by atoms with Crippen molar-refractivity contribution in [1.82, 2.24) is 9.80 Å². The number of fused-ring (bicyclic) bond motifs is 1. The molecule has 5 heteroatoms. The molecule has 27 heavy (non-hydrogen) atoms. The number of furan rings is 1. The maximum Gasteiger partial charge on any atom is 0.258 e. The van der Waals surface area contributed by atoms with Gasteiger partial charge in [0.05, 0.1) is 5.56 Å². The molecule has 0 atom stereocenters. The number of benzene rings is 1. The second kappa shape index (κ2) is 9.20. The van der Waals surface area contributed by atoms with Crippen LogP contribution in [-0.2, 0) is 13.0 Å². The molecule has 144 valence electrons. The Morgan fingerprint density at radius 2 is 1.96 bits per heavy atom. The molecule has 0 saturated carbocycles. The molecule has 2 aromatic heterocycles. The van der Waals surface area contributed by atoms with Crippen LogP contribution in [0.4, 0.5) is 0 Å². The molecule has 3 rings (SSSR count). The van der Waals surface area contributed by atoms with Crippen LogP contribution in [0.1, 0.15) is 41.4 Å². The summed E-state index contributed by atoms with van der Waals surface area (Å²) in [6.07, 6.45) is 2.89. The SMILES string of the molecule is CCCCc1oc2ccccc2c1C(=O)N(CCN(C)C)Cc1ccsc1. The van der Waals surface area contributed by atoms with E-state index in [1.54, 1.807) is 11.3 Å². The molecule has 3 aromatic rings. The molecule has 0 spiro atoms. The summed E-state index contributed by atoms with van der Waals surface area (Å²) in [4.78, 5) is 17.7. The zero-order valence-corrected chi connectivity index (χ0v) is 17.2. The van der Waals surface area contributed by atoms with E-state index in [4.69, 9.17) is 4.42 Å². The first-order valence-corrected chi connectivity index (χ1v) is 10.5. The van der Waals surface area contributed by atoms with Crippen molar-refractivity contribution in [1.29, 1.82) is 0 Å². The fourth-order valence-corrected chi connectivity index (χ4v) is 3.84. The van der Waals surface area contributed by atoms with E-state index in [1.807, 2.05) is 43.3 Å². The van der Waals surface area contributed by atoms with Gasteiger partial charge in [-0.3, -0.25) is 4.79 Å². The van der Waals surface area contributed by atoms with Gasteiger partial charge in [-0.1, -0.05) is 31.5 Å². The highest BCUT2D eigenvalue weighted by atomic mass is 32.1. The number of likely N-dealkylation sites (N-methyl/N-ethyl adjacent to an activating group) is 1. The summed E-state index contributed by atoms with van der Waals surface area (Å²) >= 11 is 1.67. The number of nitrogens with zero attached hydrogens (tertiary/aromatic N) is 2. The lowest BCUT2D eigenvalue weighted by Gasteiger charge is -2.24. The van der Waals surface area contributed by atoms with Crippen LogP contribution in [0.25, 0.3) is 11.0 Å². The molecule has 0 unspecified atom stereocenters. The largest absolute Gasteiger partial charge is 0.460 e. The average Bonchev–Trinajstić information content (AvgIpc) is 3.29. The second-order valence-electron chi connectivity index (χ2n) is 7.16. The second-order valence-corrected chi connectivity index (χ2v) is 7.94. The normalized spacial score (nSPS) is 11.4. The quantitative estimate of drug-likeness (QED) is 0.518. The number of para-hydroxylation sites is 1. The van der Waals surface area contributed by atoms with Crippen molar-refractivity contribution in [2.75, 3.05) is 27.2 Å². The minimum atomic E-state index is 0.0686. The fourth-order valence-electron chi connectivity index (χ4n) is 3.18. The monoisotopic (exact) mass is 384 g/mol. The van der Waals surface area contributed by atoms with Gasteiger partial charge in [0.2, 0.25) is 0 Å². The van der Waals surface area contributed by atoms with E-state index in [2.05, 4.69) is 28.7 Å². The Hall–Kier alpha value is -2.11. The number of hydrogen-bond acceptors (Lipinski definition) is 4. The lowest BCUT2D eigenvalue weighted by atomic mass is 10.1. The Balaban J connectivity index is 1.96. The number of hydrogen-bond donors (Lipinski definition) is 0. The van der Waals surface area contributed by atoms with Gasteiger partial charge in [0.15, 0.2) is 0 Å². The average molecular weight is 385 g/mol. The first-order valence-electron chi connectivity index (χ1n) is 9.55. The van der Waals surface area contributed by atoms with Gasteiger partial charge in [-0.2, -0.15) is 11.3 Å². The number of carbonyl (C=O) groups is 1. The summed E-state index contributed by atoms with van der Waals surface area (Å²) in [7, 11) is 4.07. The van der Waals surface area contributed by atoms with Gasteiger partial charge in [0, 0.05) is 31.4 Å². The van der Waals surface area contributed by atoms with Crippen LogP contribution in [0.3, 0.4) is 0 Å². The Morgan fingerprint density at radius 3 is 2.67 bits per heavy atom. The van der Waals surface area contributed by atoms with E-state index in [9.17, 15) is 4.79 Å². The van der Waals surface area contributed by atoms with Crippen molar-refractivity contribution in [2.24, 2.45) is 0 Å². The summed E-state index contributed by atoms with van der Waals surface area (Å²) in [5.41, 5.74) is 2.72. The molecule has 0 N–H and O–H groups in total. The van der Waals surface area contributed by atoms with Gasteiger partial charge in [0.25, 0.3) is 5.91 Å². The van der Waals surface area contributed by atoms with E-state index in [0.29, 0.717) is 13.1 Å². The van der Waals surface area contributed by atoms with Crippen LogP contribution >= 0.6 is 11.3 Å². The fraction of sp³-hybridized carbons (Fsp3) is 0.409. The summed E-state index contributed by atoms with van der Waals surface area (Å²) in [6.45, 7) is 4.30. The smallest absolute Gasteiger partial charge is 0.258 e. The third-order valence-corrected chi connectivity index (χ3v) is 5.43. The predicted octanol–water partition coefficient (Wildman–Crippen LogP) is 5.04. The third-order valence-electron chi connectivity index (χ3n) is 4.70. The molecule has 0 fully saturated rings. The number of carbonyl (C=O) groups excluding carboxylic acids is 1. The zero-order valence-electron chi connectivity index (χ0n) is 16.4. The molecule has 1 amide bonds. The molecular weight excluding hydrogens is 356 g/mol. The first kappa shape index (κ1) is 19.6. The molecular formula is C22H28N2O2S. The van der Waals surface area contributed by atoms with E-state index < -0.39 is 0 Å². The van der Waals surface area contributed by atoms with Gasteiger partial charge in [0.1, 0.15) is 11.3 Å². The number of thiophene rings is 1. The highest BCUT2D eigenvalue weighted by Crippen LogP contribution is 2.29. The molecule has 4 nitrogen and oxygen atoms in total. The van der Waals surface area contributed by atoms with Crippen molar-refractivity contribution < 1.29 is 9.21 Å². The van der Waals surface area contributed by atoms with Gasteiger partial charge in [-0.05, 0) is 49.0 Å². The molecule has 2 heterocycles. The van der Waals surface area contributed by atoms with Crippen LogP contribution in [0.15, 0.2) is 45.5 Å². The van der Waals surface area contributed by atoms with Crippen molar-refractivity contribution in [3.05, 3.63) is 58.0 Å². The van der Waals surface area contributed by atoms with Crippen LogP contribution in [-0.4, -0.2) is 42.9 Å². The number of unbranched alkanes of at least 4 members (excludes halogenated alkanes) is 1. The van der Waals surface area contributed by atoms with Crippen LogP contribution in [0, 0.1) is 0 Å². The number of rotatable bonds is 9. The highest BCUT2D eigenvalue weighted by molar-refractivity contribution is 7.07. The van der Waals surface area contributed by atoms with Gasteiger partial charge < -0.3 is 14.2 Å². The third kappa shape index (κ3) is 4.79. The van der Waals surface area contributed by atoms with Crippen molar-refractivity contribution in [2.45, 2.75) is 32.7 Å². The van der Waals surface area contributed by atoms with Gasteiger partial charge >= 0.3 is 0 Å². The summed E-state index contributed by atoms with van der Waals surface area (Å²) in [5, 5.41) is 5.10. The van der Waals surface area contributed by atoms with Crippen LogP contribution in [0.2, 0.25) is 0 Å². The minimum absolute atomic E-state index is 0.0686. The van der Waals surface area contributed by atoms with Crippen molar-refractivity contribution in [3.8, 4) is 0 Å². The van der Waals surface area contributed by atoms with E-state index >= 15 is 0 Å². The Labute approximate surface area is 165 Å². The molecule has 0 radical (unpaired) electrons. The molecule has 0 aliphatic rings. The predicted molar refractivity (Wildman–Crippen MR) is 112 cm³/mol. The summed E-state index contributed by atoms with van der Waals surface area (Å²) in [5.74, 6) is 0.891. The lowest BCUT2D eigenvalue weighted by molar-refractivity contribution is 0.0731. The van der Waals surface area contributed by atoms with Crippen molar-refractivity contribution >= 4 is 28.2 Å². The summed E-state index contributed by atoms with van der Waals surface area (Å²) < 4.78 is 6.08. The molecule has 0 bridgehead atoms. The van der Waals surface area contributed by atoms with E-state index in [-0.39, 0.29) is 5.91 Å². The molecule has 0 aliphatic heterocycles. The standard InChI is InChI=1S/C22H28N2O2S/c1-4-5-9-20-21(18-8-6-7-10-19(18)26-20)22(25)24(13-12-23(2)3)15-17-11-14-27-16-17/h6-8,10-11,14,16H,4-5,9,12-13,15H2,1-3H3. The maximum absolute atomic E-state index is 13.6. The molecule has 1 aromatic carbocycles.